The van der Waals surface area contributed by atoms with Crippen molar-refractivity contribution in [2.45, 2.75) is 25.7 Å². The highest BCUT2D eigenvalue weighted by molar-refractivity contribution is 9.10. The van der Waals surface area contributed by atoms with Crippen molar-refractivity contribution in [2.75, 3.05) is 13.6 Å². The summed E-state index contributed by atoms with van der Waals surface area (Å²) in [6.07, 6.45) is 1.73. The molecule has 0 bridgehead atoms. The maximum atomic E-state index is 6.49. The van der Waals surface area contributed by atoms with Crippen molar-refractivity contribution < 1.29 is 0 Å². The van der Waals surface area contributed by atoms with Gasteiger partial charge in [-0.25, -0.2) is 0 Å². The minimum Gasteiger partial charge on any atom is -0.319 e. The highest BCUT2D eigenvalue weighted by Crippen LogP contribution is 2.30. The molecule has 1 unspecified atom stereocenters. The minimum absolute atomic E-state index is 0.350. The third-order valence-electron chi connectivity index (χ3n) is 3.74. The summed E-state index contributed by atoms with van der Waals surface area (Å²) in [5.74, 6) is 0.350. The van der Waals surface area contributed by atoms with E-state index in [1.54, 1.807) is 0 Å². The van der Waals surface area contributed by atoms with Gasteiger partial charge in [0, 0.05) is 24.0 Å². The number of hydrogen-bond acceptors (Lipinski definition) is 2. The lowest BCUT2D eigenvalue weighted by molar-refractivity contribution is 0.589. The lowest BCUT2D eigenvalue weighted by Gasteiger charge is -2.19. The number of hydrogen-bond donors (Lipinski definition) is 1. The Bertz CT molecular complexity index is 610. The second-order valence-electron chi connectivity index (χ2n) is 5.16. The number of likely N-dealkylation sites (N-methyl/N-ethyl adjacent to an activating group) is 1. The molecule has 1 heterocycles. The summed E-state index contributed by atoms with van der Waals surface area (Å²) in [5.41, 5.74) is 3.37. The van der Waals surface area contributed by atoms with Crippen LogP contribution in [0.2, 0.25) is 5.02 Å². The van der Waals surface area contributed by atoms with Gasteiger partial charge in [0.05, 0.1) is 16.4 Å². The van der Waals surface area contributed by atoms with Crippen molar-refractivity contribution >= 4 is 27.5 Å². The molecule has 1 aromatic carbocycles. The molecule has 0 saturated heterocycles. The van der Waals surface area contributed by atoms with Crippen LogP contribution in [0.3, 0.4) is 0 Å². The van der Waals surface area contributed by atoms with Gasteiger partial charge >= 0.3 is 0 Å². The molecular weight excluding hydrogens is 350 g/mol. The van der Waals surface area contributed by atoms with Gasteiger partial charge < -0.3 is 5.32 Å². The second kappa shape index (κ2) is 7.43. The van der Waals surface area contributed by atoms with Crippen LogP contribution in [0.5, 0.6) is 0 Å². The number of nitrogens with zero attached hydrogens (tertiary/aromatic N) is 2. The van der Waals surface area contributed by atoms with E-state index in [0.717, 1.165) is 40.3 Å². The molecule has 0 aliphatic heterocycles. The molecule has 1 N–H and O–H groups in total. The Morgan fingerprint density at radius 1 is 1.38 bits per heavy atom. The van der Waals surface area contributed by atoms with E-state index in [1.165, 1.54) is 5.56 Å². The number of halogens is 2. The average molecular weight is 371 g/mol. The molecule has 0 aliphatic carbocycles. The summed E-state index contributed by atoms with van der Waals surface area (Å²) in [6.45, 7) is 2.97. The minimum atomic E-state index is 0.350. The molecule has 1 aromatic heterocycles. The topological polar surface area (TPSA) is 29.9 Å². The first-order valence-corrected chi connectivity index (χ1v) is 8.34. The van der Waals surface area contributed by atoms with Crippen LogP contribution in [-0.4, -0.2) is 23.4 Å². The van der Waals surface area contributed by atoms with Gasteiger partial charge in [0.25, 0.3) is 0 Å². The lowest BCUT2D eigenvalue weighted by Crippen LogP contribution is -2.20. The van der Waals surface area contributed by atoms with Crippen molar-refractivity contribution in [3.8, 4) is 0 Å². The SMILES string of the molecule is CCc1nn(C)c(CC(CNC)c2ccccc2Br)c1Cl. The average Bonchev–Trinajstić information content (AvgIpc) is 2.74. The van der Waals surface area contributed by atoms with Gasteiger partial charge in [0.15, 0.2) is 0 Å². The third-order valence-corrected chi connectivity index (χ3v) is 4.90. The van der Waals surface area contributed by atoms with Gasteiger partial charge in [-0.2, -0.15) is 5.10 Å². The van der Waals surface area contributed by atoms with Crippen LogP contribution in [0.1, 0.15) is 29.8 Å². The quantitative estimate of drug-likeness (QED) is 0.834. The van der Waals surface area contributed by atoms with Crippen LogP contribution in [0.15, 0.2) is 28.7 Å². The maximum absolute atomic E-state index is 6.49. The smallest absolute Gasteiger partial charge is 0.0849 e. The molecule has 114 valence electrons. The molecule has 2 aromatic rings. The third kappa shape index (κ3) is 3.68. The van der Waals surface area contributed by atoms with Crippen LogP contribution in [0.25, 0.3) is 0 Å². The molecule has 0 radical (unpaired) electrons. The van der Waals surface area contributed by atoms with Gasteiger partial charge in [-0.3, -0.25) is 4.68 Å². The number of rotatable bonds is 6. The van der Waals surface area contributed by atoms with Crippen molar-refractivity contribution in [1.82, 2.24) is 15.1 Å². The zero-order chi connectivity index (χ0) is 15.4. The molecule has 0 fully saturated rings. The van der Waals surface area contributed by atoms with Crippen molar-refractivity contribution in [1.29, 1.82) is 0 Å². The summed E-state index contributed by atoms with van der Waals surface area (Å²) >= 11 is 10.1. The van der Waals surface area contributed by atoms with Gasteiger partial charge in [0.2, 0.25) is 0 Å². The first kappa shape index (κ1) is 16.5. The van der Waals surface area contributed by atoms with E-state index < -0.39 is 0 Å². The molecule has 21 heavy (non-hydrogen) atoms. The predicted molar refractivity (Wildman–Crippen MR) is 92.1 cm³/mol. The summed E-state index contributed by atoms with van der Waals surface area (Å²) in [7, 11) is 3.95. The zero-order valence-electron chi connectivity index (χ0n) is 12.7. The Morgan fingerprint density at radius 2 is 2.10 bits per heavy atom. The summed E-state index contributed by atoms with van der Waals surface area (Å²) in [5, 5.41) is 8.60. The number of aromatic nitrogens is 2. The molecule has 0 aliphatic rings. The van der Waals surface area contributed by atoms with Crippen LogP contribution >= 0.6 is 27.5 Å². The van der Waals surface area contributed by atoms with E-state index in [2.05, 4.69) is 51.5 Å². The maximum Gasteiger partial charge on any atom is 0.0849 e. The second-order valence-corrected chi connectivity index (χ2v) is 6.40. The summed E-state index contributed by atoms with van der Waals surface area (Å²) < 4.78 is 3.06. The fourth-order valence-electron chi connectivity index (χ4n) is 2.62. The molecule has 2 rings (SSSR count). The van der Waals surface area contributed by atoms with E-state index in [0.29, 0.717) is 5.92 Å². The van der Waals surface area contributed by atoms with Gasteiger partial charge in [-0.1, -0.05) is 52.7 Å². The van der Waals surface area contributed by atoms with Crippen LogP contribution in [0.4, 0.5) is 0 Å². The normalized spacial score (nSPS) is 12.6. The first-order valence-electron chi connectivity index (χ1n) is 7.17. The van der Waals surface area contributed by atoms with Gasteiger partial charge in [0.1, 0.15) is 0 Å². The molecular formula is C16H21BrClN3. The molecule has 3 nitrogen and oxygen atoms in total. The monoisotopic (exact) mass is 369 g/mol. The number of nitrogens with one attached hydrogen (secondary N) is 1. The van der Waals surface area contributed by atoms with Gasteiger partial charge in [-0.15, -0.1) is 0 Å². The summed E-state index contributed by atoms with van der Waals surface area (Å²) in [6, 6.07) is 8.36. The van der Waals surface area contributed by atoms with E-state index in [-0.39, 0.29) is 0 Å². The Hall–Kier alpha value is -0.840. The van der Waals surface area contributed by atoms with E-state index in [4.69, 9.17) is 11.6 Å². The van der Waals surface area contributed by atoms with Crippen molar-refractivity contribution in [3.63, 3.8) is 0 Å². The zero-order valence-corrected chi connectivity index (χ0v) is 15.0. The summed E-state index contributed by atoms with van der Waals surface area (Å²) in [4.78, 5) is 0. The largest absolute Gasteiger partial charge is 0.319 e. The standard InChI is InChI=1S/C16H21BrClN3/c1-4-14-16(18)15(21(3)20-14)9-11(10-19-2)12-7-5-6-8-13(12)17/h5-8,11,19H,4,9-10H2,1-3H3. The predicted octanol–water partition coefficient (Wildman–Crippen LogP) is 3.94. The van der Waals surface area contributed by atoms with Crippen LogP contribution < -0.4 is 5.32 Å². The van der Waals surface area contributed by atoms with Crippen LogP contribution in [-0.2, 0) is 19.9 Å². The number of aryl methyl sites for hydroxylation is 2. The molecule has 1 atom stereocenters. The van der Waals surface area contributed by atoms with E-state index >= 15 is 0 Å². The van der Waals surface area contributed by atoms with Crippen molar-refractivity contribution in [3.05, 3.63) is 50.7 Å². The number of benzene rings is 1. The van der Waals surface area contributed by atoms with Gasteiger partial charge in [-0.05, 0) is 31.5 Å². The van der Waals surface area contributed by atoms with E-state index in [1.807, 2.05) is 24.8 Å². The highest BCUT2D eigenvalue weighted by Gasteiger charge is 2.20. The molecule has 0 amide bonds. The molecule has 0 spiro atoms. The fraction of sp³-hybridized carbons (Fsp3) is 0.438. The Kier molecular flexibility index (Phi) is 5.85. The highest BCUT2D eigenvalue weighted by atomic mass is 79.9. The Morgan fingerprint density at radius 3 is 2.67 bits per heavy atom. The lowest BCUT2D eigenvalue weighted by atomic mass is 9.94. The molecule has 5 heteroatoms. The molecule has 0 saturated carbocycles. The van der Waals surface area contributed by atoms with E-state index in [9.17, 15) is 0 Å². The fourth-order valence-corrected chi connectivity index (χ4v) is 3.60. The van der Waals surface area contributed by atoms with Crippen LogP contribution in [0, 0.1) is 0 Å². The first-order chi connectivity index (χ1) is 10.1. The Labute approximate surface area is 139 Å². The van der Waals surface area contributed by atoms with Crippen molar-refractivity contribution in [2.24, 2.45) is 7.05 Å². The Balaban J connectivity index is 2.33.